The van der Waals surface area contributed by atoms with E-state index in [1.807, 2.05) is 19.1 Å². The molecule has 0 heterocycles. The summed E-state index contributed by atoms with van der Waals surface area (Å²) < 4.78 is 17.5. The average Bonchev–Trinajstić information content (AvgIpc) is 2.75. The van der Waals surface area contributed by atoms with Crippen LogP contribution >= 0.6 is 0 Å². The fraction of sp³-hybridized carbons (Fsp3) is 0.423. The minimum Gasteiger partial charge on any atom is -0.434 e. The topological polar surface area (TPSA) is 44.8 Å². The van der Waals surface area contributed by atoms with E-state index in [-0.39, 0.29) is 11.1 Å². The molecule has 2 aromatic carbocycles. The van der Waals surface area contributed by atoms with E-state index in [1.54, 1.807) is 6.08 Å². The molecule has 5 heteroatoms. The lowest BCUT2D eigenvalue weighted by Gasteiger charge is -2.43. The number of hydrogen-bond acceptors (Lipinski definition) is 4. The maximum Gasteiger partial charge on any atom is 0.508 e. The molecular weight excluding hydrogens is 404 g/mol. The van der Waals surface area contributed by atoms with E-state index in [0.29, 0.717) is 26.1 Å². The highest BCUT2D eigenvalue weighted by atomic mass is 28.4. The zero-order valence-corrected chi connectivity index (χ0v) is 20.3. The lowest BCUT2D eigenvalue weighted by atomic mass is 10.2. The van der Waals surface area contributed by atoms with Crippen LogP contribution < -0.4 is 10.4 Å². The highest BCUT2D eigenvalue weighted by Crippen LogP contribution is 2.36. The van der Waals surface area contributed by atoms with Gasteiger partial charge in [-0.1, -0.05) is 94.4 Å². The summed E-state index contributed by atoms with van der Waals surface area (Å²) in [6.45, 7) is 13.3. The molecule has 0 aromatic heterocycles. The number of rotatable bonds is 11. The Hall–Kier alpha value is -2.37. The second-order valence-corrected chi connectivity index (χ2v) is 13.0. The predicted molar refractivity (Wildman–Crippen MR) is 130 cm³/mol. The molecule has 0 saturated carbocycles. The van der Waals surface area contributed by atoms with Gasteiger partial charge in [-0.05, 0) is 21.8 Å². The Kier molecular flexibility index (Phi) is 9.53. The van der Waals surface area contributed by atoms with Crippen LogP contribution in [0.5, 0.6) is 0 Å². The van der Waals surface area contributed by atoms with Crippen LogP contribution in [-0.4, -0.2) is 33.8 Å². The Labute approximate surface area is 188 Å². The zero-order chi connectivity index (χ0) is 22.7. The normalized spacial score (nSPS) is 12.8. The molecule has 168 valence electrons. The van der Waals surface area contributed by atoms with Crippen LogP contribution in [0.4, 0.5) is 4.79 Å². The number of benzene rings is 2. The van der Waals surface area contributed by atoms with Gasteiger partial charge in [-0.3, -0.25) is 0 Å². The first kappa shape index (κ1) is 24.9. The smallest absolute Gasteiger partial charge is 0.434 e. The van der Waals surface area contributed by atoms with Gasteiger partial charge in [0.15, 0.2) is 0 Å². The second kappa shape index (κ2) is 11.9. The van der Waals surface area contributed by atoms with Crippen LogP contribution in [0.1, 0.15) is 47.0 Å². The van der Waals surface area contributed by atoms with Gasteiger partial charge in [0.2, 0.25) is 0 Å². The quantitative estimate of drug-likeness (QED) is 0.264. The Balaban J connectivity index is 2.27. The summed E-state index contributed by atoms with van der Waals surface area (Å²) in [5, 5.41) is 2.37. The lowest BCUT2D eigenvalue weighted by molar-refractivity contribution is 0.0174. The molecule has 0 N–H and O–H groups in total. The molecule has 2 aromatic rings. The van der Waals surface area contributed by atoms with Gasteiger partial charge in [0.05, 0.1) is 6.61 Å². The third-order valence-electron chi connectivity index (χ3n) is 5.29. The van der Waals surface area contributed by atoms with Crippen LogP contribution in [0.15, 0.2) is 73.3 Å². The van der Waals surface area contributed by atoms with Crippen molar-refractivity contribution in [2.24, 2.45) is 0 Å². The lowest BCUT2D eigenvalue weighted by Crippen LogP contribution is -2.66. The highest BCUT2D eigenvalue weighted by molar-refractivity contribution is 6.99. The summed E-state index contributed by atoms with van der Waals surface area (Å²) in [5.74, 6) is 0. The van der Waals surface area contributed by atoms with Gasteiger partial charge in [0, 0.05) is 19.4 Å². The molecule has 0 spiro atoms. The van der Waals surface area contributed by atoms with E-state index in [0.717, 1.165) is 6.42 Å². The molecule has 1 atom stereocenters. The summed E-state index contributed by atoms with van der Waals surface area (Å²) in [5.41, 5.74) is 0. The van der Waals surface area contributed by atoms with Crippen molar-refractivity contribution in [2.75, 3.05) is 13.2 Å². The largest absolute Gasteiger partial charge is 0.508 e. The van der Waals surface area contributed by atoms with Crippen molar-refractivity contribution in [1.82, 2.24) is 0 Å². The summed E-state index contributed by atoms with van der Waals surface area (Å²) in [6.07, 6.45) is 2.72. The molecule has 0 saturated heterocycles. The molecular formula is C26H36O4Si. The van der Waals surface area contributed by atoms with Crippen LogP contribution in [0.3, 0.4) is 0 Å². The van der Waals surface area contributed by atoms with Gasteiger partial charge in [-0.15, -0.1) is 6.58 Å². The van der Waals surface area contributed by atoms with E-state index in [2.05, 4.69) is 75.9 Å². The van der Waals surface area contributed by atoms with Crippen molar-refractivity contribution in [2.45, 2.75) is 58.1 Å². The van der Waals surface area contributed by atoms with Crippen LogP contribution in [-0.2, 0) is 13.9 Å². The minimum absolute atomic E-state index is 0.0927. The van der Waals surface area contributed by atoms with Gasteiger partial charge < -0.3 is 13.9 Å². The molecule has 0 unspecified atom stereocenters. The number of ether oxygens (including phenoxy) is 2. The van der Waals surface area contributed by atoms with Gasteiger partial charge in [0.25, 0.3) is 8.32 Å². The first-order valence-electron chi connectivity index (χ1n) is 11.0. The summed E-state index contributed by atoms with van der Waals surface area (Å²) in [4.78, 5) is 11.9. The number of carbonyl (C=O) groups is 1. The molecule has 0 radical (unpaired) electrons. The molecule has 31 heavy (non-hydrogen) atoms. The SMILES string of the molecule is C=CC[C@@H](CCO[Si](c1ccccc1)(c1ccccc1)C(C)(C)C)OC(=O)OCCC. The van der Waals surface area contributed by atoms with Crippen molar-refractivity contribution in [3.63, 3.8) is 0 Å². The predicted octanol–water partition coefficient (Wildman–Crippen LogP) is 5.46. The summed E-state index contributed by atoms with van der Waals surface area (Å²) in [6, 6.07) is 21.0. The molecule has 0 aliphatic rings. The van der Waals surface area contributed by atoms with Gasteiger partial charge in [-0.25, -0.2) is 4.79 Å². The maximum absolute atomic E-state index is 11.9. The highest BCUT2D eigenvalue weighted by Gasteiger charge is 2.50. The van der Waals surface area contributed by atoms with E-state index in [1.165, 1.54) is 10.4 Å². The monoisotopic (exact) mass is 440 g/mol. The van der Waals surface area contributed by atoms with Crippen molar-refractivity contribution in [3.05, 3.63) is 73.3 Å². The van der Waals surface area contributed by atoms with Crippen LogP contribution in [0, 0.1) is 0 Å². The Morgan fingerprint density at radius 1 is 1.00 bits per heavy atom. The number of carbonyl (C=O) groups excluding carboxylic acids is 1. The van der Waals surface area contributed by atoms with Crippen molar-refractivity contribution in [1.29, 1.82) is 0 Å². The third kappa shape index (κ3) is 6.55. The molecule has 4 nitrogen and oxygen atoms in total. The summed E-state index contributed by atoms with van der Waals surface area (Å²) >= 11 is 0. The molecule has 2 rings (SSSR count). The second-order valence-electron chi connectivity index (χ2n) is 8.66. The molecule has 0 aliphatic carbocycles. The van der Waals surface area contributed by atoms with Crippen LogP contribution in [0.25, 0.3) is 0 Å². The van der Waals surface area contributed by atoms with E-state index < -0.39 is 14.5 Å². The summed E-state index contributed by atoms with van der Waals surface area (Å²) in [7, 11) is -2.60. The van der Waals surface area contributed by atoms with E-state index in [4.69, 9.17) is 13.9 Å². The molecule has 0 fully saturated rings. The molecule has 0 amide bonds. The van der Waals surface area contributed by atoms with Crippen molar-refractivity contribution >= 4 is 24.8 Å². The fourth-order valence-corrected chi connectivity index (χ4v) is 8.45. The standard InChI is InChI=1S/C26H36O4Si/c1-6-14-22(30-25(27)28-20-7-2)19-21-29-31(26(3,4)5,23-15-10-8-11-16-23)24-17-12-9-13-18-24/h6,8-13,15-18,22H,1,7,14,19-21H2,2-5H3/t22-/m0/s1. The van der Waals surface area contributed by atoms with Gasteiger partial charge >= 0.3 is 6.16 Å². The van der Waals surface area contributed by atoms with Gasteiger partial charge in [-0.2, -0.15) is 0 Å². The Bertz CT molecular complexity index is 760. The first-order valence-corrected chi connectivity index (χ1v) is 12.9. The molecule has 0 aliphatic heterocycles. The van der Waals surface area contributed by atoms with Crippen LogP contribution in [0.2, 0.25) is 5.04 Å². The Morgan fingerprint density at radius 3 is 2.00 bits per heavy atom. The first-order chi connectivity index (χ1) is 14.8. The van der Waals surface area contributed by atoms with Crippen molar-refractivity contribution < 1.29 is 18.7 Å². The number of hydrogen-bond donors (Lipinski definition) is 0. The van der Waals surface area contributed by atoms with Gasteiger partial charge in [0.1, 0.15) is 6.10 Å². The van der Waals surface area contributed by atoms with E-state index in [9.17, 15) is 4.79 Å². The fourth-order valence-electron chi connectivity index (χ4n) is 3.87. The minimum atomic E-state index is -2.60. The zero-order valence-electron chi connectivity index (χ0n) is 19.3. The third-order valence-corrected chi connectivity index (χ3v) is 10.3. The van der Waals surface area contributed by atoms with Crippen molar-refractivity contribution in [3.8, 4) is 0 Å². The average molecular weight is 441 g/mol. The van der Waals surface area contributed by atoms with E-state index >= 15 is 0 Å². The Morgan fingerprint density at radius 2 is 1.55 bits per heavy atom. The maximum atomic E-state index is 11.9. The molecule has 0 bridgehead atoms.